The Morgan fingerprint density at radius 1 is 1.23 bits per heavy atom. The van der Waals surface area contributed by atoms with Crippen molar-refractivity contribution in [1.82, 2.24) is 15.3 Å². The van der Waals surface area contributed by atoms with E-state index < -0.39 is 12.0 Å². The summed E-state index contributed by atoms with van der Waals surface area (Å²) < 4.78 is 0. The highest BCUT2D eigenvalue weighted by Crippen LogP contribution is 1.99. The number of unbranched alkanes of at least 4 members (excludes halogenated alkanes) is 1. The maximum atomic E-state index is 11.2. The molecule has 0 fully saturated rings. The Kier molecular flexibility index (Phi) is 11.6. The summed E-state index contributed by atoms with van der Waals surface area (Å²) in [5.74, 6) is -1.45. The normalized spacial score (nSPS) is 11.2. The summed E-state index contributed by atoms with van der Waals surface area (Å²) in [5, 5.41) is 11.3. The van der Waals surface area contributed by atoms with Gasteiger partial charge in [-0.15, -0.1) is 0 Å². The van der Waals surface area contributed by atoms with Crippen molar-refractivity contribution in [3.63, 3.8) is 0 Å². The smallest absolute Gasteiger partial charge is 0.326 e. The van der Waals surface area contributed by atoms with Crippen molar-refractivity contribution in [2.45, 2.75) is 31.7 Å². The third kappa shape index (κ3) is 9.86. The van der Waals surface area contributed by atoms with Crippen LogP contribution in [0, 0.1) is 0 Å². The number of carbonyl (C=O) groups excluding carboxylic acids is 1. The summed E-state index contributed by atoms with van der Waals surface area (Å²) in [4.78, 5) is 28.6. The van der Waals surface area contributed by atoms with E-state index in [1.165, 1.54) is 12.5 Å². The van der Waals surface area contributed by atoms with Crippen molar-refractivity contribution < 1.29 is 14.7 Å². The molecule has 9 nitrogen and oxygen atoms in total. The number of nitrogens with zero attached hydrogens (tertiary/aromatic N) is 1. The number of carboxylic acid groups (broad SMARTS) is 1. The van der Waals surface area contributed by atoms with Crippen LogP contribution in [-0.4, -0.2) is 52.6 Å². The molecule has 0 aliphatic carbocycles. The SMILES string of the molecule is NCCC(=O)N[C@@H](Cc1cnc[nH]1)C(=O)O.NCCCCN. The van der Waals surface area contributed by atoms with Crippen LogP contribution in [0.3, 0.4) is 0 Å². The predicted octanol–water partition coefficient (Wildman–Crippen LogP) is -1.45. The van der Waals surface area contributed by atoms with Crippen molar-refractivity contribution in [3.8, 4) is 0 Å². The largest absolute Gasteiger partial charge is 0.480 e. The molecule has 1 atom stereocenters. The first-order chi connectivity index (χ1) is 10.5. The van der Waals surface area contributed by atoms with Gasteiger partial charge < -0.3 is 32.6 Å². The summed E-state index contributed by atoms with van der Waals surface area (Å²) in [6, 6.07) is -0.959. The number of nitrogens with two attached hydrogens (primary N) is 3. The van der Waals surface area contributed by atoms with E-state index >= 15 is 0 Å². The van der Waals surface area contributed by atoms with Gasteiger partial charge in [0, 0.05) is 31.3 Å². The molecule has 1 heterocycles. The number of imidazole rings is 1. The van der Waals surface area contributed by atoms with Crippen LogP contribution in [0.15, 0.2) is 12.5 Å². The number of aromatic amines is 1. The summed E-state index contributed by atoms with van der Waals surface area (Å²) >= 11 is 0. The van der Waals surface area contributed by atoms with Crippen molar-refractivity contribution in [2.75, 3.05) is 19.6 Å². The lowest BCUT2D eigenvalue weighted by Crippen LogP contribution is -2.42. The fourth-order valence-electron chi connectivity index (χ4n) is 1.50. The Labute approximate surface area is 129 Å². The first-order valence-corrected chi connectivity index (χ1v) is 7.14. The summed E-state index contributed by atoms with van der Waals surface area (Å²) in [6.07, 6.45) is 5.40. The summed E-state index contributed by atoms with van der Waals surface area (Å²) in [5.41, 5.74) is 16.2. The van der Waals surface area contributed by atoms with Crippen LogP contribution < -0.4 is 22.5 Å². The van der Waals surface area contributed by atoms with E-state index in [-0.39, 0.29) is 25.3 Å². The molecule has 1 aromatic heterocycles. The van der Waals surface area contributed by atoms with Crippen LogP contribution in [0.1, 0.15) is 25.0 Å². The first-order valence-electron chi connectivity index (χ1n) is 7.14. The Morgan fingerprint density at radius 3 is 2.27 bits per heavy atom. The molecule has 126 valence electrons. The minimum Gasteiger partial charge on any atom is -0.480 e. The van der Waals surface area contributed by atoms with Gasteiger partial charge in [-0.05, 0) is 25.9 Å². The second kappa shape index (κ2) is 12.7. The zero-order valence-electron chi connectivity index (χ0n) is 12.6. The van der Waals surface area contributed by atoms with Gasteiger partial charge >= 0.3 is 5.97 Å². The van der Waals surface area contributed by atoms with Gasteiger partial charge in [-0.2, -0.15) is 0 Å². The molecule has 0 bridgehead atoms. The molecular formula is C13H26N6O3. The van der Waals surface area contributed by atoms with Crippen molar-refractivity contribution in [1.29, 1.82) is 0 Å². The molecule has 1 rings (SSSR count). The molecule has 1 aromatic rings. The van der Waals surface area contributed by atoms with E-state index in [1.54, 1.807) is 0 Å². The second-order valence-electron chi connectivity index (χ2n) is 4.56. The average Bonchev–Trinajstić information content (AvgIpc) is 2.98. The number of aliphatic carboxylic acids is 1. The quantitative estimate of drug-likeness (QED) is 0.302. The second-order valence-corrected chi connectivity index (χ2v) is 4.56. The van der Waals surface area contributed by atoms with Crippen molar-refractivity contribution in [3.05, 3.63) is 18.2 Å². The predicted molar refractivity (Wildman–Crippen MR) is 82.9 cm³/mol. The molecule has 0 radical (unpaired) electrons. The molecule has 0 spiro atoms. The Bertz CT molecular complexity index is 406. The highest BCUT2D eigenvalue weighted by atomic mass is 16.4. The molecule has 9 N–H and O–H groups in total. The van der Waals surface area contributed by atoms with E-state index in [1.807, 2.05) is 0 Å². The van der Waals surface area contributed by atoms with E-state index in [9.17, 15) is 9.59 Å². The molecule has 0 saturated heterocycles. The van der Waals surface area contributed by atoms with Crippen LogP contribution in [0.2, 0.25) is 0 Å². The van der Waals surface area contributed by atoms with Crippen LogP contribution >= 0.6 is 0 Å². The molecule has 1 amide bonds. The Morgan fingerprint density at radius 2 is 1.86 bits per heavy atom. The summed E-state index contributed by atoms with van der Waals surface area (Å²) in [6.45, 7) is 1.75. The molecule has 0 saturated carbocycles. The summed E-state index contributed by atoms with van der Waals surface area (Å²) in [7, 11) is 0. The molecule has 0 aliphatic heterocycles. The standard InChI is InChI=1S/C9H14N4O3.C4H12N2/c10-2-1-8(14)13-7(9(15)16)3-6-4-11-5-12-6;5-3-1-2-4-6/h4-5,7H,1-3,10H2,(H,11,12)(H,13,14)(H,15,16);1-6H2/t7-;/m0./s1. The van der Waals surface area contributed by atoms with Gasteiger partial charge in [-0.25, -0.2) is 9.78 Å². The van der Waals surface area contributed by atoms with Crippen molar-refractivity contribution in [2.24, 2.45) is 17.2 Å². The Hall–Kier alpha value is -1.97. The van der Waals surface area contributed by atoms with E-state index in [2.05, 4.69) is 15.3 Å². The van der Waals surface area contributed by atoms with Gasteiger partial charge in [0.25, 0.3) is 0 Å². The topological polar surface area (TPSA) is 173 Å². The minimum absolute atomic E-state index is 0.118. The lowest BCUT2D eigenvalue weighted by atomic mass is 10.1. The number of H-pyrrole nitrogens is 1. The van der Waals surface area contributed by atoms with E-state index in [4.69, 9.17) is 22.3 Å². The fourth-order valence-corrected chi connectivity index (χ4v) is 1.50. The molecule has 0 aromatic carbocycles. The van der Waals surface area contributed by atoms with E-state index in [0.29, 0.717) is 5.69 Å². The van der Waals surface area contributed by atoms with Crippen LogP contribution in [-0.2, 0) is 16.0 Å². The number of carboxylic acids is 1. The van der Waals surface area contributed by atoms with Crippen LogP contribution in [0.4, 0.5) is 0 Å². The van der Waals surface area contributed by atoms with Gasteiger partial charge in [0.2, 0.25) is 5.91 Å². The monoisotopic (exact) mass is 314 g/mol. The van der Waals surface area contributed by atoms with E-state index in [0.717, 1.165) is 25.9 Å². The lowest BCUT2D eigenvalue weighted by molar-refractivity contribution is -0.141. The first kappa shape index (κ1) is 20.0. The highest BCUT2D eigenvalue weighted by molar-refractivity contribution is 5.83. The molecule has 0 unspecified atom stereocenters. The van der Waals surface area contributed by atoms with Gasteiger partial charge in [-0.1, -0.05) is 0 Å². The van der Waals surface area contributed by atoms with Gasteiger partial charge in [-0.3, -0.25) is 4.79 Å². The minimum atomic E-state index is -1.08. The highest BCUT2D eigenvalue weighted by Gasteiger charge is 2.20. The third-order valence-corrected chi connectivity index (χ3v) is 2.64. The molecule has 0 aliphatic rings. The van der Waals surface area contributed by atoms with Gasteiger partial charge in [0.1, 0.15) is 6.04 Å². The Balaban J connectivity index is 0.000000626. The number of hydrogen-bond donors (Lipinski definition) is 6. The fraction of sp³-hybridized carbons (Fsp3) is 0.615. The van der Waals surface area contributed by atoms with Gasteiger partial charge in [0.05, 0.1) is 6.33 Å². The number of nitrogens with one attached hydrogen (secondary N) is 2. The maximum absolute atomic E-state index is 11.2. The number of carbonyl (C=O) groups is 2. The maximum Gasteiger partial charge on any atom is 0.326 e. The van der Waals surface area contributed by atoms with Crippen molar-refractivity contribution >= 4 is 11.9 Å². The zero-order chi connectivity index (χ0) is 16.8. The number of aromatic nitrogens is 2. The van der Waals surface area contributed by atoms with Crippen LogP contribution in [0.25, 0.3) is 0 Å². The lowest BCUT2D eigenvalue weighted by Gasteiger charge is -2.13. The average molecular weight is 314 g/mol. The molecule has 9 heteroatoms. The zero-order valence-corrected chi connectivity index (χ0v) is 12.6. The molecular weight excluding hydrogens is 288 g/mol. The molecule has 22 heavy (non-hydrogen) atoms. The van der Waals surface area contributed by atoms with Crippen LogP contribution in [0.5, 0.6) is 0 Å². The van der Waals surface area contributed by atoms with Gasteiger partial charge in [0.15, 0.2) is 0 Å². The number of rotatable bonds is 9. The number of hydrogen-bond acceptors (Lipinski definition) is 6. The number of amides is 1. The third-order valence-electron chi connectivity index (χ3n) is 2.64.